The van der Waals surface area contributed by atoms with Crippen molar-refractivity contribution >= 4 is 22.7 Å². The van der Waals surface area contributed by atoms with E-state index in [-0.39, 0.29) is 16.2 Å². The molecule has 0 aromatic heterocycles. The van der Waals surface area contributed by atoms with Crippen LogP contribution in [0.3, 0.4) is 0 Å². The first kappa shape index (κ1) is 27.6. The lowest BCUT2D eigenvalue weighted by atomic mass is 10.2. The summed E-state index contributed by atoms with van der Waals surface area (Å²) >= 11 is 0. The lowest BCUT2D eigenvalue weighted by molar-refractivity contribution is 0.0792. The number of amides is 1. The van der Waals surface area contributed by atoms with E-state index in [0.29, 0.717) is 38.8 Å². The molecule has 0 rings (SSSR count). The number of carbonyl (C=O) groups excluding carboxylic acids is 1. The zero-order chi connectivity index (χ0) is 22.4. The minimum atomic E-state index is -1.83. The average Bonchev–Trinajstić information content (AvgIpc) is 2.48. The molecule has 28 heavy (non-hydrogen) atoms. The van der Waals surface area contributed by atoms with Crippen molar-refractivity contribution in [1.29, 1.82) is 0 Å². The Labute approximate surface area is 176 Å². The minimum Gasteiger partial charge on any atom is -0.449 e. The van der Waals surface area contributed by atoms with E-state index in [1.54, 1.807) is 4.90 Å². The van der Waals surface area contributed by atoms with Crippen LogP contribution in [0.2, 0.25) is 36.3 Å². The van der Waals surface area contributed by atoms with Crippen LogP contribution in [-0.4, -0.2) is 60.5 Å². The molecule has 0 aliphatic heterocycles. The van der Waals surface area contributed by atoms with Gasteiger partial charge in [0.05, 0.1) is 19.8 Å². The molecule has 0 saturated carbocycles. The van der Waals surface area contributed by atoms with Crippen LogP contribution in [0.15, 0.2) is 0 Å². The van der Waals surface area contributed by atoms with Crippen LogP contribution in [0.5, 0.6) is 0 Å². The quantitative estimate of drug-likeness (QED) is 0.389. The Hall–Kier alpha value is -0.376. The number of ether oxygens (including phenoxy) is 1. The third kappa shape index (κ3) is 9.41. The van der Waals surface area contributed by atoms with E-state index in [1.165, 1.54) is 0 Å². The van der Waals surface area contributed by atoms with Gasteiger partial charge in [0.25, 0.3) is 0 Å². The number of carbonyl (C=O) groups is 1. The molecule has 5 nitrogen and oxygen atoms in total. The summed E-state index contributed by atoms with van der Waals surface area (Å²) < 4.78 is 18.0. The van der Waals surface area contributed by atoms with Gasteiger partial charge in [-0.3, -0.25) is 0 Å². The minimum absolute atomic E-state index is 0.154. The van der Waals surface area contributed by atoms with Gasteiger partial charge < -0.3 is 18.5 Å². The van der Waals surface area contributed by atoms with Gasteiger partial charge in [-0.05, 0) is 42.2 Å². The van der Waals surface area contributed by atoms with Crippen LogP contribution in [0.25, 0.3) is 0 Å². The van der Waals surface area contributed by atoms with Crippen LogP contribution in [0.1, 0.15) is 55.4 Å². The highest BCUT2D eigenvalue weighted by Crippen LogP contribution is 2.37. The molecule has 0 aliphatic carbocycles. The van der Waals surface area contributed by atoms with Gasteiger partial charge in [0.15, 0.2) is 16.6 Å². The molecule has 0 aromatic rings. The topological polar surface area (TPSA) is 48.0 Å². The molecule has 0 unspecified atom stereocenters. The Morgan fingerprint density at radius 2 is 1.18 bits per heavy atom. The predicted octanol–water partition coefficient (Wildman–Crippen LogP) is 6.12. The van der Waals surface area contributed by atoms with E-state index in [4.69, 9.17) is 13.6 Å². The first-order chi connectivity index (χ1) is 12.4. The summed E-state index contributed by atoms with van der Waals surface area (Å²) in [6.07, 6.45) is -0.272. The van der Waals surface area contributed by atoms with E-state index >= 15 is 0 Å². The van der Waals surface area contributed by atoms with E-state index in [1.807, 2.05) is 13.8 Å². The van der Waals surface area contributed by atoms with Crippen molar-refractivity contribution in [3.8, 4) is 0 Å². The van der Waals surface area contributed by atoms with Gasteiger partial charge in [0.2, 0.25) is 0 Å². The van der Waals surface area contributed by atoms with Crippen molar-refractivity contribution in [2.45, 2.75) is 91.7 Å². The Morgan fingerprint density at radius 3 is 1.46 bits per heavy atom. The summed E-state index contributed by atoms with van der Waals surface area (Å²) in [5.41, 5.74) is 0. The lowest BCUT2D eigenvalue weighted by Gasteiger charge is -2.37. The number of nitrogens with zero attached hydrogens (tertiary/aromatic N) is 1. The standard InChI is InChI=1S/C21H47NO4Si2/c1-18(2)17-24-19(23)22(13-15-25-27(9,10)20(3,4)5)14-16-26-28(11,12)21(6,7)8/h18H,13-17H2,1-12H3. The molecule has 0 fully saturated rings. The Kier molecular flexibility index (Phi) is 10.5. The summed E-state index contributed by atoms with van der Waals surface area (Å²) in [4.78, 5) is 14.3. The molecule has 7 heteroatoms. The Balaban J connectivity index is 4.86. The van der Waals surface area contributed by atoms with Crippen LogP contribution in [0, 0.1) is 5.92 Å². The van der Waals surface area contributed by atoms with Crippen LogP contribution in [-0.2, 0) is 13.6 Å². The monoisotopic (exact) mass is 433 g/mol. The number of rotatable bonds is 10. The molecule has 168 valence electrons. The highest BCUT2D eigenvalue weighted by molar-refractivity contribution is 6.74. The van der Waals surface area contributed by atoms with Gasteiger partial charge in [-0.1, -0.05) is 55.4 Å². The summed E-state index contributed by atoms with van der Waals surface area (Å²) in [6, 6.07) is 0. The molecule has 1 amide bonds. The largest absolute Gasteiger partial charge is 0.449 e. The van der Waals surface area contributed by atoms with Gasteiger partial charge in [-0.25, -0.2) is 4.79 Å². The molecular weight excluding hydrogens is 386 g/mol. The van der Waals surface area contributed by atoms with Crippen molar-refractivity contribution in [3.05, 3.63) is 0 Å². The molecule has 0 bridgehead atoms. The second-order valence-corrected chi connectivity index (χ2v) is 20.8. The fraction of sp³-hybridized carbons (Fsp3) is 0.952. The molecule has 0 heterocycles. The lowest BCUT2D eigenvalue weighted by Crippen LogP contribution is -2.46. The Morgan fingerprint density at radius 1 is 0.821 bits per heavy atom. The Bertz CT molecular complexity index is 448. The van der Waals surface area contributed by atoms with E-state index in [0.717, 1.165) is 0 Å². The van der Waals surface area contributed by atoms with Gasteiger partial charge in [0.1, 0.15) is 0 Å². The summed E-state index contributed by atoms with van der Waals surface area (Å²) in [5, 5.41) is 0.308. The summed E-state index contributed by atoms with van der Waals surface area (Å²) in [5.74, 6) is 0.317. The van der Waals surface area contributed by atoms with Gasteiger partial charge in [-0.2, -0.15) is 0 Å². The van der Waals surface area contributed by atoms with Crippen molar-refractivity contribution in [2.75, 3.05) is 32.9 Å². The molecule has 0 atom stereocenters. The fourth-order valence-electron chi connectivity index (χ4n) is 1.88. The van der Waals surface area contributed by atoms with Crippen LogP contribution in [0.4, 0.5) is 4.79 Å². The van der Waals surface area contributed by atoms with Crippen molar-refractivity contribution in [3.63, 3.8) is 0 Å². The first-order valence-corrected chi connectivity index (χ1v) is 16.4. The predicted molar refractivity (Wildman–Crippen MR) is 124 cm³/mol. The molecule has 0 radical (unpaired) electrons. The SMILES string of the molecule is CC(C)COC(=O)N(CCO[Si](C)(C)C(C)(C)C)CCO[Si](C)(C)C(C)(C)C. The molecule has 0 spiro atoms. The smallest absolute Gasteiger partial charge is 0.409 e. The third-order valence-electron chi connectivity index (χ3n) is 6.06. The first-order valence-electron chi connectivity index (χ1n) is 10.6. The van der Waals surface area contributed by atoms with Gasteiger partial charge in [-0.15, -0.1) is 0 Å². The zero-order valence-electron chi connectivity index (χ0n) is 20.7. The molecule has 0 saturated heterocycles. The molecular formula is C21H47NO4Si2. The summed E-state index contributed by atoms with van der Waals surface area (Å²) in [6.45, 7) is 28.9. The maximum absolute atomic E-state index is 12.6. The number of hydrogen-bond acceptors (Lipinski definition) is 4. The van der Waals surface area contributed by atoms with E-state index in [9.17, 15) is 4.79 Å². The second kappa shape index (κ2) is 10.6. The van der Waals surface area contributed by atoms with E-state index in [2.05, 4.69) is 67.7 Å². The van der Waals surface area contributed by atoms with Crippen LogP contribution >= 0.6 is 0 Å². The van der Waals surface area contributed by atoms with Crippen molar-refractivity contribution < 1.29 is 18.4 Å². The van der Waals surface area contributed by atoms with E-state index < -0.39 is 16.6 Å². The fourth-order valence-corrected chi connectivity index (χ4v) is 3.95. The van der Waals surface area contributed by atoms with Crippen LogP contribution < -0.4 is 0 Å². The van der Waals surface area contributed by atoms with Gasteiger partial charge in [0, 0.05) is 13.1 Å². The maximum atomic E-state index is 12.6. The van der Waals surface area contributed by atoms with Crippen molar-refractivity contribution in [1.82, 2.24) is 4.90 Å². The molecule has 0 aliphatic rings. The van der Waals surface area contributed by atoms with Crippen molar-refractivity contribution in [2.24, 2.45) is 5.92 Å². The zero-order valence-corrected chi connectivity index (χ0v) is 22.7. The van der Waals surface area contributed by atoms with Gasteiger partial charge >= 0.3 is 6.09 Å². The third-order valence-corrected chi connectivity index (χ3v) is 15.1. The molecule has 0 aromatic carbocycles. The highest BCUT2D eigenvalue weighted by atomic mass is 28.4. The number of hydrogen-bond donors (Lipinski definition) is 0. The summed E-state index contributed by atoms with van der Waals surface area (Å²) in [7, 11) is -3.66. The second-order valence-electron chi connectivity index (χ2n) is 11.2. The average molecular weight is 434 g/mol. The highest BCUT2D eigenvalue weighted by Gasteiger charge is 2.38. The maximum Gasteiger partial charge on any atom is 0.409 e. The normalized spacial score (nSPS) is 13.8. The molecule has 0 N–H and O–H groups in total.